The molecule has 0 atom stereocenters. The molecule has 6 nitrogen and oxygen atoms in total. The van der Waals surface area contributed by atoms with Crippen molar-refractivity contribution >= 4 is 17.4 Å². The Hall–Kier alpha value is -2.93. The summed E-state index contributed by atoms with van der Waals surface area (Å²) >= 11 is 0. The highest BCUT2D eigenvalue weighted by molar-refractivity contribution is 5.94. The predicted octanol–water partition coefficient (Wildman–Crippen LogP) is 1.79. The molecule has 0 saturated carbocycles. The molecule has 1 saturated heterocycles. The number of benzene rings is 2. The Kier molecular flexibility index (Phi) is 7.63. The van der Waals surface area contributed by atoms with Crippen molar-refractivity contribution in [3.8, 4) is 5.75 Å². The van der Waals surface area contributed by atoms with Gasteiger partial charge in [0.2, 0.25) is 0 Å². The quantitative estimate of drug-likeness (QED) is 0.652. The Morgan fingerprint density at radius 1 is 1.13 bits per heavy atom. The molecule has 0 spiro atoms. The maximum atomic E-state index is 14.0. The minimum absolute atomic E-state index is 0.0668. The first-order chi connectivity index (χ1) is 14.9. The average molecular weight is 429 g/mol. The topological polar surface area (TPSA) is 54.3 Å². The van der Waals surface area contributed by atoms with Crippen molar-refractivity contribution in [2.45, 2.75) is 20.4 Å². The SMILES string of the molecule is CCN(Cc1ccc(OC)c(F)c1)C(=O)C[NH+]1CCN(c2ccc(C(C)=O)cc2)CC1. The molecule has 0 unspecified atom stereocenters. The van der Waals surface area contributed by atoms with Gasteiger partial charge in [-0.1, -0.05) is 6.07 Å². The van der Waals surface area contributed by atoms with E-state index in [0.717, 1.165) is 43.0 Å². The number of nitrogens with one attached hydrogen (secondary N) is 1. The van der Waals surface area contributed by atoms with Gasteiger partial charge in [-0.25, -0.2) is 4.39 Å². The Morgan fingerprint density at radius 2 is 1.81 bits per heavy atom. The van der Waals surface area contributed by atoms with Gasteiger partial charge < -0.3 is 19.4 Å². The van der Waals surface area contributed by atoms with Gasteiger partial charge in [0.25, 0.3) is 5.91 Å². The third-order valence-electron chi connectivity index (χ3n) is 5.83. The van der Waals surface area contributed by atoms with Gasteiger partial charge in [-0.05, 0) is 55.8 Å². The van der Waals surface area contributed by atoms with Gasteiger partial charge in [-0.15, -0.1) is 0 Å². The highest BCUT2D eigenvalue weighted by Gasteiger charge is 2.25. The summed E-state index contributed by atoms with van der Waals surface area (Å²) < 4.78 is 18.9. The molecule has 1 amide bonds. The van der Waals surface area contributed by atoms with Crippen LogP contribution in [0.2, 0.25) is 0 Å². The molecular weight excluding hydrogens is 397 g/mol. The monoisotopic (exact) mass is 428 g/mol. The molecule has 2 aromatic rings. The molecule has 1 N–H and O–H groups in total. The van der Waals surface area contributed by atoms with Gasteiger partial charge in [0, 0.05) is 24.3 Å². The normalized spacial score (nSPS) is 14.4. The van der Waals surface area contributed by atoms with Crippen LogP contribution in [0, 0.1) is 5.82 Å². The lowest BCUT2D eigenvalue weighted by atomic mass is 10.1. The molecule has 31 heavy (non-hydrogen) atoms. The number of rotatable bonds is 8. The van der Waals surface area contributed by atoms with E-state index in [0.29, 0.717) is 19.6 Å². The fourth-order valence-corrected chi connectivity index (χ4v) is 3.90. The average Bonchev–Trinajstić information content (AvgIpc) is 2.78. The van der Waals surface area contributed by atoms with Crippen LogP contribution in [0.1, 0.15) is 29.8 Å². The summed E-state index contributed by atoms with van der Waals surface area (Å²) in [6.07, 6.45) is 0. The van der Waals surface area contributed by atoms with Crippen molar-refractivity contribution < 1.29 is 23.6 Å². The smallest absolute Gasteiger partial charge is 0.278 e. The van der Waals surface area contributed by atoms with Gasteiger partial charge in [-0.3, -0.25) is 9.59 Å². The second kappa shape index (κ2) is 10.4. The standard InChI is InChI=1S/C24H30FN3O3/c1-4-27(16-19-5-10-23(31-3)22(25)15-19)24(30)17-26-11-13-28(14-12-26)21-8-6-20(7-9-21)18(2)29/h5-10,15H,4,11-14,16-17H2,1-3H3/p+1. The number of quaternary nitrogens is 1. The second-order valence-corrected chi connectivity index (χ2v) is 7.89. The number of hydrogen-bond donors (Lipinski definition) is 1. The molecule has 7 heteroatoms. The van der Waals surface area contributed by atoms with Crippen LogP contribution in [0.25, 0.3) is 0 Å². The number of likely N-dealkylation sites (N-methyl/N-ethyl adjacent to an activating group) is 1. The van der Waals surface area contributed by atoms with E-state index in [1.807, 2.05) is 31.2 Å². The van der Waals surface area contributed by atoms with Crippen LogP contribution in [0.15, 0.2) is 42.5 Å². The van der Waals surface area contributed by atoms with Crippen LogP contribution in [0.3, 0.4) is 0 Å². The summed E-state index contributed by atoms with van der Waals surface area (Å²) in [7, 11) is 1.43. The molecule has 1 heterocycles. The molecule has 0 aromatic heterocycles. The number of anilines is 1. The second-order valence-electron chi connectivity index (χ2n) is 7.89. The van der Waals surface area contributed by atoms with E-state index >= 15 is 0 Å². The van der Waals surface area contributed by atoms with Gasteiger partial charge in [0.1, 0.15) is 0 Å². The zero-order valence-electron chi connectivity index (χ0n) is 18.5. The third-order valence-corrected chi connectivity index (χ3v) is 5.83. The Labute approximate surface area is 183 Å². The number of amides is 1. The number of ether oxygens (including phenoxy) is 1. The van der Waals surface area contributed by atoms with E-state index in [-0.39, 0.29) is 17.4 Å². The van der Waals surface area contributed by atoms with Gasteiger partial charge in [-0.2, -0.15) is 0 Å². The van der Waals surface area contributed by atoms with E-state index in [9.17, 15) is 14.0 Å². The summed E-state index contributed by atoms with van der Waals surface area (Å²) in [5.74, 6) is -0.0665. The number of nitrogens with zero attached hydrogens (tertiary/aromatic N) is 2. The van der Waals surface area contributed by atoms with Crippen molar-refractivity contribution in [1.29, 1.82) is 0 Å². The third kappa shape index (κ3) is 5.82. The maximum absolute atomic E-state index is 14.0. The molecule has 0 bridgehead atoms. The number of Topliss-reactive ketones (excluding diaryl/α,β-unsaturated/α-hetero) is 1. The van der Waals surface area contributed by atoms with Crippen molar-refractivity contribution in [3.05, 3.63) is 59.4 Å². The summed E-state index contributed by atoms with van der Waals surface area (Å²) in [4.78, 5) is 29.6. The molecular formula is C24H31FN3O3+. The number of hydrogen-bond acceptors (Lipinski definition) is 4. The molecule has 1 aliphatic rings. The first-order valence-electron chi connectivity index (χ1n) is 10.7. The Morgan fingerprint density at radius 3 is 2.35 bits per heavy atom. The van der Waals surface area contributed by atoms with Crippen molar-refractivity contribution in [2.24, 2.45) is 0 Å². The van der Waals surface area contributed by atoms with E-state index in [2.05, 4.69) is 4.90 Å². The largest absolute Gasteiger partial charge is 0.494 e. The highest BCUT2D eigenvalue weighted by Crippen LogP contribution is 2.19. The lowest BCUT2D eigenvalue weighted by molar-refractivity contribution is -0.892. The number of ketones is 1. The summed E-state index contributed by atoms with van der Waals surface area (Å²) in [5.41, 5.74) is 2.57. The number of carbonyl (C=O) groups is 2. The van der Waals surface area contributed by atoms with Gasteiger partial charge in [0.05, 0.1) is 33.3 Å². The number of methoxy groups -OCH3 is 1. The summed E-state index contributed by atoms with van der Waals surface area (Å²) in [5, 5.41) is 0. The highest BCUT2D eigenvalue weighted by atomic mass is 19.1. The Balaban J connectivity index is 1.52. The fourth-order valence-electron chi connectivity index (χ4n) is 3.90. The van der Waals surface area contributed by atoms with Gasteiger partial charge >= 0.3 is 0 Å². The first-order valence-corrected chi connectivity index (χ1v) is 10.7. The lowest BCUT2D eigenvalue weighted by Gasteiger charge is -2.34. The van der Waals surface area contributed by atoms with Crippen LogP contribution < -0.4 is 14.5 Å². The summed E-state index contributed by atoms with van der Waals surface area (Å²) in [6.45, 7) is 8.37. The van der Waals surface area contributed by atoms with Crippen molar-refractivity contribution in [2.75, 3.05) is 51.3 Å². The van der Waals surface area contributed by atoms with Crippen LogP contribution in [-0.4, -0.2) is 63.0 Å². The van der Waals surface area contributed by atoms with Crippen LogP contribution in [-0.2, 0) is 11.3 Å². The number of halogens is 1. The minimum atomic E-state index is -0.415. The van der Waals surface area contributed by atoms with Crippen LogP contribution in [0.4, 0.5) is 10.1 Å². The van der Waals surface area contributed by atoms with Crippen molar-refractivity contribution in [1.82, 2.24) is 4.90 Å². The minimum Gasteiger partial charge on any atom is -0.494 e. The van der Waals surface area contributed by atoms with Gasteiger partial charge in [0.15, 0.2) is 23.9 Å². The molecule has 166 valence electrons. The summed E-state index contributed by atoms with van der Waals surface area (Å²) in [6, 6.07) is 12.5. The Bertz CT molecular complexity index is 909. The van der Waals surface area contributed by atoms with E-state index in [1.54, 1.807) is 24.0 Å². The van der Waals surface area contributed by atoms with Crippen LogP contribution in [0.5, 0.6) is 5.75 Å². The van der Waals surface area contributed by atoms with Crippen LogP contribution >= 0.6 is 0 Å². The number of piperazine rings is 1. The maximum Gasteiger partial charge on any atom is 0.278 e. The fraction of sp³-hybridized carbons (Fsp3) is 0.417. The molecule has 2 aromatic carbocycles. The molecule has 1 aliphatic heterocycles. The van der Waals surface area contributed by atoms with E-state index < -0.39 is 5.82 Å². The zero-order chi connectivity index (χ0) is 22.4. The van der Waals surface area contributed by atoms with E-state index in [4.69, 9.17) is 4.74 Å². The van der Waals surface area contributed by atoms with E-state index in [1.165, 1.54) is 18.1 Å². The number of carbonyl (C=O) groups excluding carboxylic acids is 2. The molecule has 0 aliphatic carbocycles. The molecule has 3 rings (SSSR count). The lowest BCUT2D eigenvalue weighted by Crippen LogP contribution is -3.15. The zero-order valence-corrected chi connectivity index (χ0v) is 18.5. The molecule has 0 radical (unpaired) electrons. The predicted molar refractivity (Wildman–Crippen MR) is 118 cm³/mol. The van der Waals surface area contributed by atoms with Crippen molar-refractivity contribution in [3.63, 3.8) is 0 Å². The first kappa shape index (κ1) is 22.7. The molecule has 1 fully saturated rings.